The fourth-order valence-electron chi connectivity index (χ4n) is 2.17. The number of guanidine groups is 1. The Balaban J connectivity index is 0.00000242. The highest BCUT2D eigenvalue weighted by atomic mass is 127. The quantitative estimate of drug-likeness (QED) is 0.439. The number of nitrogens with two attached hydrogens (primary N) is 1. The first-order chi connectivity index (χ1) is 9.95. The number of benzene rings is 1. The monoisotopic (exact) mass is 413 g/mol. The van der Waals surface area contributed by atoms with E-state index in [0.717, 1.165) is 22.8 Å². The molecule has 2 rings (SSSR count). The summed E-state index contributed by atoms with van der Waals surface area (Å²) in [5.74, 6) is 2.69. The van der Waals surface area contributed by atoms with Gasteiger partial charge in [-0.05, 0) is 43.5 Å². The van der Waals surface area contributed by atoms with Crippen molar-refractivity contribution in [2.75, 3.05) is 5.32 Å². The molecular weight excluding hydrogens is 389 g/mol. The molecule has 0 radical (unpaired) electrons. The molecule has 0 aliphatic rings. The van der Waals surface area contributed by atoms with Crippen LogP contribution in [0, 0.1) is 13.8 Å². The molecule has 0 amide bonds. The summed E-state index contributed by atoms with van der Waals surface area (Å²) in [6.45, 7) is 8.72. The summed E-state index contributed by atoms with van der Waals surface area (Å²) in [6.07, 6.45) is 0. The Bertz CT molecular complexity index is 647. The number of hydrogen-bond acceptors (Lipinski definition) is 2. The number of hydrogen-bond donors (Lipinski definition) is 2. The van der Waals surface area contributed by atoms with Crippen LogP contribution in [-0.4, -0.2) is 5.96 Å². The molecule has 1 aromatic heterocycles. The van der Waals surface area contributed by atoms with E-state index < -0.39 is 0 Å². The smallest absolute Gasteiger partial charge is 0.193 e. The average Bonchev–Trinajstić information content (AvgIpc) is 2.75. The highest BCUT2D eigenvalue weighted by Gasteiger charge is 2.04. The number of rotatable bonds is 4. The van der Waals surface area contributed by atoms with Crippen LogP contribution < -0.4 is 11.1 Å². The van der Waals surface area contributed by atoms with E-state index in [2.05, 4.69) is 36.3 Å². The van der Waals surface area contributed by atoms with Crippen molar-refractivity contribution in [3.05, 3.63) is 53.0 Å². The van der Waals surface area contributed by atoms with Crippen molar-refractivity contribution in [1.82, 2.24) is 0 Å². The maximum absolute atomic E-state index is 5.94. The first kappa shape index (κ1) is 18.5. The summed E-state index contributed by atoms with van der Waals surface area (Å²) < 4.78 is 5.48. The summed E-state index contributed by atoms with van der Waals surface area (Å²) in [6, 6.07) is 10.2. The van der Waals surface area contributed by atoms with E-state index in [1.807, 2.05) is 32.0 Å². The predicted molar refractivity (Wildman–Crippen MR) is 103 cm³/mol. The summed E-state index contributed by atoms with van der Waals surface area (Å²) >= 11 is 0. The Morgan fingerprint density at radius 1 is 1.27 bits per heavy atom. The van der Waals surface area contributed by atoms with Crippen LogP contribution in [0.15, 0.2) is 39.7 Å². The first-order valence-electron chi connectivity index (χ1n) is 7.18. The Kier molecular flexibility index (Phi) is 6.93. The zero-order valence-corrected chi connectivity index (χ0v) is 15.8. The molecule has 5 heteroatoms. The van der Waals surface area contributed by atoms with Crippen molar-refractivity contribution in [2.45, 2.75) is 40.2 Å². The maximum Gasteiger partial charge on any atom is 0.193 e. The van der Waals surface area contributed by atoms with E-state index in [-0.39, 0.29) is 24.0 Å². The van der Waals surface area contributed by atoms with Gasteiger partial charge < -0.3 is 15.5 Å². The molecule has 22 heavy (non-hydrogen) atoms. The van der Waals surface area contributed by atoms with Gasteiger partial charge in [0.25, 0.3) is 0 Å². The Labute approximate surface area is 149 Å². The van der Waals surface area contributed by atoms with Gasteiger partial charge in [-0.15, -0.1) is 24.0 Å². The molecule has 1 aromatic carbocycles. The molecule has 0 bridgehead atoms. The molecule has 0 saturated carbocycles. The van der Waals surface area contributed by atoms with Gasteiger partial charge in [-0.25, -0.2) is 4.99 Å². The lowest BCUT2D eigenvalue weighted by Gasteiger charge is -2.09. The van der Waals surface area contributed by atoms with Crippen molar-refractivity contribution in [3.63, 3.8) is 0 Å². The second-order valence-electron chi connectivity index (χ2n) is 5.55. The van der Waals surface area contributed by atoms with E-state index in [9.17, 15) is 0 Å². The molecule has 2 aromatic rings. The third-order valence-corrected chi connectivity index (χ3v) is 3.39. The van der Waals surface area contributed by atoms with Crippen molar-refractivity contribution >= 4 is 35.6 Å². The zero-order chi connectivity index (χ0) is 15.4. The fraction of sp³-hybridized carbons (Fsp3) is 0.353. The Morgan fingerprint density at radius 2 is 2.00 bits per heavy atom. The number of nitrogens with zero attached hydrogens (tertiary/aromatic N) is 1. The maximum atomic E-state index is 5.94. The van der Waals surface area contributed by atoms with Crippen molar-refractivity contribution < 1.29 is 4.42 Å². The number of halogens is 1. The lowest BCUT2D eigenvalue weighted by atomic mass is 10.0. The number of aryl methyl sites for hydroxylation is 2. The molecule has 3 N–H and O–H groups in total. The molecule has 0 fully saturated rings. The second kappa shape index (κ2) is 8.22. The van der Waals surface area contributed by atoms with Crippen molar-refractivity contribution in [1.29, 1.82) is 0 Å². The fourth-order valence-corrected chi connectivity index (χ4v) is 2.17. The van der Waals surface area contributed by atoms with E-state index in [4.69, 9.17) is 10.2 Å². The molecule has 1 heterocycles. The minimum atomic E-state index is 0. The molecule has 0 unspecified atom stereocenters. The minimum absolute atomic E-state index is 0. The third-order valence-electron chi connectivity index (χ3n) is 3.39. The van der Waals surface area contributed by atoms with Crippen LogP contribution in [0.4, 0.5) is 5.69 Å². The van der Waals surface area contributed by atoms with Crippen LogP contribution >= 0.6 is 24.0 Å². The highest BCUT2D eigenvalue weighted by molar-refractivity contribution is 14.0. The van der Waals surface area contributed by atoms with Gasteiger partial charge in [0.1, 0.15) is 11.5 Å². The second-order valence-corrected chi connectivity index (χ2v) is 5.55. The van der Waals surface area contributed by atoms with Gasteiger partial charge in [-0.1, -0.05) is 26.0 Å². The lowest BCUT2D eigenvalue weighted by molar-refractivity contribution is 0.501. The van der Waals surface area contributed by atoms with Gasteiger partial charge in [0.15, 0.2) is 5.96 Å². The largest absolute Gasteiger partial charge is 0.466 e. The van der Waals surface area contributed by atoms with Gasteiger partial charge in [0.05, 0.1) is 6.54 Å². The van der Waals surface area contributed by atoms with Crippen LogP contribution in [0.25, 0.3) is 0 Å². The SMILES string of the molecule is Cc1cc(CN=C(N)Nc2cccc(C(C)C)c2)c(C)o1.I. The average molecular weight is 413 g/mol. The third kappa shape index (κ3) is 5.05. The number of nitrogens with one attached hydrogen (secondary N) is 1. The van der Waals surface area contributed by atoms with Gasteiger partial charge in [0.2, 0.25) is 0 Å². The number of furan rings is 1. The molecular formula is C17H24IN3O. The Hall–Kier alpha value is -1.50. The van der Waals surface area contributed by atoms with Crippen LogP contribution in [0.2, 0.25) is 0 Å². The molecule has 0 atom stereocenters. The summed E-state index contributed by atoms with van der Waals surface area (Å²) in [5, 5.41) is 3.13. The van der Waals surface area contributed by atoms with Crippen molar-refractivity contribution in [2.24, 2.45) is 10.7 Å². The zero-order valence-electron chi connectivity index (χ0n) is 13.5. The first-order valence-corrected chi connectivity index (χ1v) is 7.18. The number of anilines is 1. The van der Waals surface area contributed by atoms with Crippen LogP contribution in [0.5, 0.6) is 0 Å². The highest BCUT2D eigenvalue weighted by Crippen LogP contribution is 2.18. The molecule has 120 valence electrons. The number of aliphatic imine (C=N–C) groups is 1. The summed E-state index contributed by atoms with van der Waals surface area (Å²) in [5.41, 5.74) is 9.24. The predicted octanol–water partition coefficient (Wildman–Crippen LogP) is 4.56. The molecule has 0 aliphatic heterocycles. The molecule has 0 saturated heterocycles. The van der Waals surface area contributed by atoms with E-state index in [0.29, 0.717) is 18.4 Å². The topological polar surface area (TPSA) is 63.5 Å². The van der Waals surface area contributed by atoms with Gasteiger partial charge in [-0.2, -0.15) is 0 Å². The van der Waals surface area contributed by atoms with Crippen LogP contribution in [0.3, 0.4) is 0 Å². The molecule has 0 aliphatic carbocycles. The Morgan fingerprint density at radius 3 is 2.59 bits per heavy atom. The van der Waals surface area contributed by atoms with Gasteiger partial charge in [0, 0.05) is 11.3 Å². The molecule has 0 spiro atoms. The minimum Gasteiger partial charge on any atom is -0.466 e. The molecule has 4 nitrogen and oxygen atoms in total. The van der Waals surface area contributed by atoms with Crippen LogP contribution in [0.1, 0.15) is 42.4 Å². The van der Waals surface area contributed by atoms with E-state index in [1.165, 1.54) is 5.56 Å². The lowest BCUT2D eigenvalue weighted by Crippen LogP contribution is -2.22. The van der Waals surface area contributed by atoms with Gasteiger partial charge in [-0.3, -0.25) is 0 Å². The van der Waals surface area contributed by atoms with Crippen molar-refractivity contribution in [3.8, 4) is 0 Å². The normalized spacial score (nSPS) is 11.4. The standard InChI is InChI=1S/C17H23N3O.HI/c1-11(2)14-6-5-7-16(9-14)20-17(18)19-10-15-8-12(3)21-13(15)4;/h5-9,11H,10H2,1-4H3,(H3,18,19,20);1H. The van der Waals surface area contributed by atoms with E-state index >= 15 is 0 Å². The van der Waals surface area contributed by atoms with Crippen LogP contribution in [-0.2, 0) is 6.54 Å². The van der Waals surface area contributed by atoms with Gasteiger partial charge >= 0.3 is 0 Å². The van der Waals surface area contributed by atoms with E-state index in [1.54, 1.807) is 0 Å². The summed E-state index contributed by atoms with van der Waals surface area (Å²) in [7, 11) is 0. The summed E-state index contributed by atoms with van der Waals surface area (Å²) in [4.78, 5) is 4.36.